The van der Waals surface area contributed by atoms with Gasteiger partial charge in [-0.3, -0.25) is 9.78 Å². The van der Waals surface area contributed by atoms with Gasteiger partial charge < -0.3 is 5.73 Å². The van der Waals surface area contributed by atoms with E-state index >= 15 is 0 Å². The maximum Gasteiger partial charge on any atom is 0.266 e. The molecule has 0 radical (unpaired) electrons. The zero-order chi connectivity index (χ0) is 10.8. The molecule has 0 saturated heterocycles. The van der Waals surface area contributed by atoms with E-state index in [1.165, 1.54) is 19.3 Å². The molecule has 0 amide bonds. The van der Waals surface area contributed by atoms with Crippen molar-refractivity contribution in [1.82, 2.24) is 9.97 Å². The van der Waals surface area contributed by atoms with Gasteiger partial charge in [-0.1, -0.05) is 19.3 Å². The van der Waals surface area contributed by atoms with Gasteiger partial charge in [0, 0.05) is 5.92 Å². The normalized spacial score (nSPS) is 17.9. The first-order valence-corrected chi connectivity index (χ1v) is 6.31. The number of aromatic amines is 1. The summed E-state index contributed by atoms with van der Waals surface area (Å²) in [7, 11) is 0. The highest BCUT2D eigenvalue weighted by Gasteiger charge is 2.21. The third-order valence-corrected chi connectivity index (χ3v) is 3.94. The van der Waals surface area contributed by atoms with Crippen LogP contribution in [0.2, 0.25) is 0 Å². The second-order valence-corrected chi connectivity index (χ2v) is 5.06. The number of H-pyrrole nitrogens is 1. The van der Waals surface area contributed by atoms with Gasteiger partial charge in [-0.25, -0.2) is 4.98 Å². The Hall–Kier alpha value is -0.590. The Bertz CT molecular complexity index is 410. The van der Waals surface area contributed by atoms with Crippen LogP contribution in [0.25, 0.3) is 0 Å². The van der Waals surface area contributed by atoms with Crippen LogP contribution in [0.4, 0.5) is 5.95 Å². The van der Waals surface area contributed by atoms with E-state index in [0.717, 1.165) is 18.5 Å². The molecular weight excluding hydrogens is 305 g/mol. The predicted molar refractivity (Wildman–Crippen MR) is 67.8 cm³/mol. The molecule has 1 aromatic rings. The summed E-state index contributed by atoms with van der Waals surface area (Å²) >= 11 is 2.06. The Morgan fingerprint density at radius 3 is 2.67 bits per heavy atom. The SMILES string of the molecule is Nc1nc(C2CCCCC2)c(I)c(=O)[nH]1. The average molecular weight is 319 g/mol. The molecule has 1 heterocycles. The van der Waals surface area contributed by atoms with Crippen molar-refractivity contribution in [3.63, 3.8) is 0 Å². The first-order valence-electron chi connectivity index (χ1n) is 5.23. The number of nitrogens with two attached hydrogens (primary N) is 1. The molecule has 0 aliphatic heterocycles. The van der Waals surface area contributed by atoms with Gasteiger partial charge in [0.2, 0.25) is 5.95 Å². The van der Waals surface area contributed by atoms with E-state index in [4.69, 9.17) is 5.73 Å². The third-order valence-electron chi connectivity index (χ3n) is 2.90. The van der Waals surface area contributed by atoms with Gasteiger partial charge in [0.05, 0.1) is 5.69 Å². The van der Waals surface area contributed by atoms with E-state index in [1.807, 2.05) is 0 Å². The number of aromatic nitrogens is 2. The molecule has 15 heavy (non-hydrogen) atoms. The lowest BCUT2D eigenvalue weighted by molar-refractivity contribution is 0.435. The van der Waals surface area contributed by atoms with Gasteiger partial charge in [0.1, 0.15) is 3.57 Å². The fourth-order valence-corrected chi connectivity index (χ4v) is 2.84. The zero-order valence-electron chi connectivity index (χ0n) is 8.42. The quantitative estimate of drug-likeness (QED) is 0.778. The monoisotopic (exact) mass is 319 g/mol. The van der Waals surface area contributed by atoms with Crippen molar-refractivity contribution in [2.45, 2.75) is 38.0 Å². The van der Waals surface area contributed by atoms with Crippen LogP contribution < -0.4 is 11.3 Å². The average Bonchev–Trinajstić information content (AvgIpc) is 2.24. The minimum atomic E-state index is -0.108. The van der Waals surface area contributed by atoms with E-state index in [2.05, 4.69) is 32.6 Å². The summed E-state index contributed by atoms with van der Waals surface area (Å²) in [5.74, 6) is 0.663. The smallest absolute Gasteiger partial charge is 0.266 e. The Morgan fingerprint density at radius 1 is 1.33 bits per heavy atom. The third kappa shape index (κ3) is 2.32. The van der Waals surface area contributed by atoms with E-state index in [-0.39, 0.29) is 11.5 Å². The first-order chi connectivity index (χ1) is 7.18. The molecule has 0 bridgehead atoms. The highest BCUT2D eigenvalue weighted by atomic mass is 127. The first kappa shape index (κ1) is 10.9. The summed E-state index contributed by atoms with van der Waals surface area (Å²) in [5, 5.41) is 0. The molecule has 0 aromatic carbocycles. The largest absolute Gasteiger partial charge is 0.369 e. The molecule has 82 valence electrons. The molecule has 1 aliphatic rings. The summed E-state index contributed by atoms with van der Waals surface area (Å²) in [6.07, 6.45) is 6.02. The van der Waals surface area contributed by atoms with Crippen molar-refractivity contribution >= 4 is 28.5 Å². The summed E-state index contributed by atoms with van der Waals surface area (Å²) < 4.78 is 0.703. The number of hydrogen-bond acceptors (Lipinski definition) is 3. The van der Waals surface area contributed by atoms with Crippen LogP contribution >= 0.6 is 22.6 Å². The van der Waals surface area contributed by atoms with E-state index in [0.29, 0.717) is 9.49 Å². The van der Waals surface area contributed by atoms with E-state index in [1.54, 1.807) is 0 Å². The van der Waals surface area contributed by atoms with Crippen LogP contribution in [0.5, 0.6) is 0 Å². The number of nitrogens with zero attached hydrogens (tertiary/aromatic N) is 1. The Kier molecular flexibility index (Phi) is 3.28. The van der Waals surface area contributed by atoms with Gasteiger partial charge in [0.25, 0.3) is 5.56 Å². The lowest BCUT2D eigenvalue weighted by Gasteiger charge is -2.21. The van der Waals surface area contributed by atoms with Crippen molar-refractivity contribution in [3.05, 3.63) is 19.6 Å². The predicted octanol–water partition coefficient (Wildman–Crippen LogP) is 2.00. The summed E-state index contributed by atoms with van der Waals surface area (Å²) in [4.78, 5) is 18.3. The van der Waals surface area contributed by atoms with Gasteiger partial charge in [-0.2, -0.15) is 0 Å². The molecule has 4 nitrogen and oxygen atoms in total. The number of nitrogens with one attached hydrogen (secondary N) is 1. The van der Waals surface area contributed by atoms with Crippen LogP contribution in [0.3, 0.4) is 0 Å². The molecule has 0 atom stereocenters. The van der Waals surface area contributed by atoms with Crippen molar-refractivity contribution in [2.75, 3.05) is 5.73 Å². The summed E-state index contributed by atoms with van der Waals surface area (Å²) in [6.45, 7) is 0. The summed E-state index contributed by atoms with van der Waals surface area (Å²) in [6, 6.07) is 0. The second-order valence-electron chi connectivity index (χ2n) is 3.99. The molecule has 1 aromatic heterocycles. The molecule has 3 N–H and O–H groups in total. The van der Waals surface area contributed by atoms with Crippen molar-refractivity contribution < 1.29 is 0 Å². The Morgan fingerprint density at radius 2 is 2.00 bits per heavy atom. The minimum absolute atomic E-state index is 0.108. The molecule has 5 heteroatoms. The van der Waals surface area contributed by atoms with Gasteiger partial charge in [0.15, 0.2) is 0 Å². The zero-order valence-corrected chi connectivity index (χ0v) is 10.6. The maximum atomic E-state index is 11.5. The number of halogens is 1. The number of hydrogen-bond donors (Lipinski definition) is 2. The van der Waals surface area contributed by atoms with Crippen molar-refractivity contribution in [2.24, 2.45) is 0 Å². The van der Waals surface area contributed by atoms with E-state index < -0.39 is 0 Å². The second kappa shape index (κ2) is 4.51. The van der Waals surface area contributed by atoms with Crippen LogP contribution in [-0.2, 0) is 0 Å². The van der Waals surface area contributed by atoms with Crippen molar-refractivity contribution in [3.8, 4) is 0 Å². The maximum absolute atomic E-state index is 11.5. The minimum Gasteiger partial charge on any atom is -0.369 e. The van der Waals surface area contributed by atoms with E-state index in [9.17, 15) is 4.79 Å². The Balaban J connectivity index is 2.37. The molecule has 0 spiro atoms. The molecular formula is C10H14IN3O. The van der Waals surface area contributed by atoms with Crippen LogP contribution in [-0.4, -0.2) is 9.97 Å². The van der Waals surface area contributed by atoms with Gasteiger partial charge in [-0.15, -0.1) is 0 Å². The number of anilines is 1. The number of rotatable bonds is 1. The topological polar surface area (TPSA) is 71.8 Å². The lowest BCUT2D eigenvalue weighted by atomic mass is 9.87. The fraction of sp³-hybridized carbons (Fsp3) is 0.600. The summed E-state index contributed by atoms with van der Waals surface area (Å²) in [5.41, 5.74) is 6.36. The van der Waals surface area contributed by atoms with Gasteiger partial charge in [-0.05, 0) is 35.4 Å². The highest BCUT2D eigenvalue weighted by molar-refractivity contribution is 14.1. The van der Waals surface area contributed by atoms with Gasteiger partial charge >= 0.3 is 0 Å². The fourth-order valence-electron chi connectivity index (χ4n) is 2.14. The highest BCUT2D eigenvalue weighted by Crippen LogP contribution is 2.32. The molecule has 0 unspecified atom stereocenters. The van der Waals surface area contributed by atoms with Crippen LogP contribution in [0.15, 0.2) is 4.79 Å². The van der Waals surface area contributed by atoms with Crippen molar-refractivity contribution in [1.29, 1.82) is 0 Å². The number of nitrogen functional groups attached to an aromatic ring is 1. The molecule has 1 saturated carbocycles. The van der Waals surface area contributed by atoms with Crippen LogP contribution in [0, 0.1) is 3.57 Å². The Labute approximate surface area is 102 Å². The molecule has 1 fully saturated rings. The standard InChI is InChI=1S/C10H14IN3O/c11-7-8(6-4-2-1-3-5-6)13-10(12)14-9(7)15/h6H,1-5H2,(H3,12,13,14,15). The van der Waals surface area contributed by atoms with Crippen LogP contribution in [0.1, 0.15) is 43.7 Å². The molecule has 1 aliphatic carbocycles. The molecule has 2 rings (SSSR count). The lowest BCUT2D eigenvalue weighted by Crippen LogP contribution is -2.20.